The van der Waals surface area contributed by atoms with Crippen molar-refractivity contribution >= 4 is 5.78 Å². The first-order valence-electron chi connectivity index (χ1n) is 8.48. The monoisotopic (exact) mass is 270 g/mol. The van der Waals surface area contributed by atoms with Crippen LogP contribution in [0.15, 0.2) is 18.2 Å². The predicted molar refractivity (Wildman–Crippen MR) is 83.2 cm³/mol. The fourth-order valence-electron chi connectivity index (χ4n) is 3.85. The number of carbonyl (C=O) groups excluding carboxylic acids is 1. The first kappa shape index (κ1) is 13.9. The van der Waals surface area contributed by atoms with Gasteiger partial charge in [0.25, 0.3) is 0 Å². The molecular formula is C19H26O. The zero-order chi connectivity index (χ0) is 13.8. The second-order valence-electron chi connectivity index (χ2n) is 6.68. The molecule has 0 aliphatic heterocycles. The van der Waals surface area contributed by atoms with Crippen molar-refractivity contribution in [1.82, 2.24) is 0 Å². The molecule has 1 saturated carbocycles. The Hall–Kier alpha value is -1.11. The van der Waals surface area contributed by atoms with Crippen LogP contribution in [0.5, 0.6) is 0 Å². The van der Waals surface area contributed by atoms with E-state index in [4.69, 9.17) is 0 Å². The highest BCUT2D eigenvalue weighted by Crippen LogP contribution is 2.28. The van der Waals surface area contributed by atoms with Gasteiger partial charge >= 0.3 is 0 Å². The van der Waals surface area contributed by atoms with E-state index in [1.807, 2.05) is 0 Å². The summed E-state index contributed by atoms with van der Waals surface area (Å²) < 4.78 is 0. The summed E-state index contributed by atoms with van der Waals surface area (Å²) in [7, 11) is 0. The Morgan fingerprint density at radius 1 is 0.900 bits per heavy atom. The van der Waals surface area contributed by atoms with Gasteiger partial charge in [-0.1, -0.05) is 50.7 Å². The lowest BCUT2D eigenvalue weighted by molar-refractivity contribution is 0.0957. The molecule has 0 amide bonds. The van der Waals surface area contributed by atoms with Crippen molar-refractivity contribution in [3.63, 3.8) is 0 Å². The molecule has 0 heterocycles. The van der Waals surface area contributed by atoms with Gasteiger partial charge in [-0.05, 0) is 48.8 Å². The number of hydrogen-bond donors (Lipinski definition) is 0. The van der Waals surface area contributed by atoms with Crippen LogP contribution in [0.4, 0.5) is 0 Å². The highest BCUT2D eigenvalue weighted by Gasteiger charge is 2.18. The molecule has 1 heteroatoms. The summed E-state index contributed by atoms with van der Waals surface area (Å²) in [5.74, 6) is 1.02. The third-order valence-electron chi connectivity index (χ3n) is 5.12. The van der Waals surface area contributed by atoms with Gasteiger partial charge in [0.15, 0.2) is 5.78 Å². The maximum Gasteiger partial charge on any atom is 0.163 e. The van der Waals surface area contributed by atoms with Crippen LogP contribution in [0.3, 0.4) is 0 Å². The normalized spacial score (nSPS) is 20.2. The summed E-state index contributed by atoms with van der Waals surface area (Å²) in [5, 5.41) is 0. The van der Waals surface area contributed by atoms with Gasteiger partial charge in [0.05, 0.1) is 0 Å². The van der Waals surface area contributed by atoms with E-state index in [0.717, 1.165) is 12.0 Å². The largest absolute Gasteiger partial charge is 0.294 e. The van der Waals surface area contributed by atoms with Crippen LogP contribution >= 0.6 is 0 Å². The standard InChI is InChI=1S/C19H26O/c20-19(13-15-7-3-1-2-4-8-15)18-12-11-16-9-5-6-10-17(16)14-18/h11-12,14-15H,1-10,13H2. The number of hydrogen-bond acceptors (Lipinski definition) is 1. The summed E-state index contributed by atoms with van der Waals surface area (Å²) in [6, 6.07) is 6.46. The Morgan fingerprint density at radius 2 is 1.60 bits per heavy atom. The van der Waals surface area contributed by atoms with E-state index in [1.54, 1.807) is 0 Å². The van der Waals surface area contributed by atoms with Crippen molar-refractivity contribution in [2.45, 2.75) is 70.6 Å². The highest BCUT2D eigenvalue weighted by atomic mass is 16.1. The zero-order valence-corrected chi connectivity index (χ0v) is 12.5. The van der Waals surface area contributed by atoms with Crippen molar-refractivity contribution in [3.05, 3.63) is 34.9 Å². The molecule has 20 heavy (non-hydrogen) atoms. The molecule has 0 atom stereocenters. The van der Waals surface area contributed by atoms with Crippen LogP contribution in [0.1, 0.15) is 79.3 Å². The van der Waals surface area contributed by atoms with Gasteiger partial charge in [-0.25, -0.2) is 0 Å². The Bertz CT molecular complexity index is 467. The average molecular weight is 270 g/mol. The first-order chi connectivity index (χ1) is 9.83. The lowest BCUT2D eigenvalue weighted by Gasteiger charge is -2.17. The molecule has 0 N–H and O–H groups in total. The molecule has 108 valence electrons. The molecule has 0 bridgehead atoms. The van der Waals surface area contributed by atoms with Crippen molar-refractivity contribution in [3.8, 4) is 0 Å². The molecule has 1 fully saturated rings. The van der Waals surface area contributed by atoms with Crippen molar-refractivity contribution in [2.75, 3.05) is 0 Å². The van der Waals surface area contributed by atoms with E-state index in [-0.39, 0.29) is 0 Å². The third kappa shape index (κ3) is 3.31. The van der Waals surface area contributed by atoms with Crippen LogP contribution in [-0.4, -0.2) is 5.78 Å². The highest BCUT2D eigenvalue weighted by molar-refractivity contribution is 5.96. The molecule has 0 aromatic heterocycles. The molecule has 1 aromatic carbocycles. The Labute approximate surface area is 122 Å². The van der Waals surface area contributed by atoms with Crippen molar-refractivity contribution in [1.29, 1.82) is 0 Å². The smallest absolute Gasteiger partial charge is 0.163 e. The van der Waals surface area contributed by atoms with Gasteiger partial charge in [0.2, 0.25) is 0 Å². The summed E-state index contributed by atoms with van der Waals surface area (Å²) in [4.78, 5) is 12.5. The maximum atomic E-state index is 12.5. The second kappa shape index (κ2) is 6.56. The molecule has 0 saturated heterocycles. The molecule has 2 aliphatic rings. The van der Waals surface area contributed by atoms with E-state index < -0.39 is 0 Å². The fourth-order valence-corrected chi connectivity index (χ4v) is 3.85. The van der Waals surface area contributed by atoms with Gasteiger partial charge < -0.3 is 0 Å². The lowest BCUT2D eigenvalue weighted by Crippen LogP contribution is -2.10. The maximum absolute atomic E-state index is 12.5. The van der Waals surface area contributed by atoms with E-state index >= 15 is 0 Å². The molecule has 0 unspecified atom stereocenters. The minimum absolute atomic E-state index is 0.380. The molecular weight excluding hydrogens is 244 g/mol. The van der Waals surface area contributed by atoms with Crippen LogP contribution < -0.4 is 0 Å². The molecule has 3 rings (SSSR count). The number of benzene rings is 1. The van der Waals surface area contributed by atoms with Crippen LogP contribution in [0, 0.1) is 5.92 Å². The lowest BCUT2D eigenvalue weighted by atomic mass is 9.87. The number of ketones is 1. The minimum atomic E-state index is 0.380. The average Bonchev–Trinajstić information content (AvgIpc) is 2.75. The summed E-state index contributed by atoms with van der Waals surface area (Å²) in [5.41, 5.74) is 3.88. The fraction of sp³-hybridized carbons (Fsp3) is 0.632. The van der Waals surface area contributed by atoms with Crippen LogP contribution in [0.2, 0.25) is 0 Å². The topological polar surface area (TPSA) is 17.1 Å². The van der Waals surface area contributed by atoms with Crippen LogP contribution in [-0.2, 0) is 12.8 Å². The zero-order valence-electron chi connectivity index (χ0n) is 12.5. The predicted octanol–water partition coefficient (Wildman–Crippen LogP) is 5.11. The van der Waals surface area contributed by atoms with E-state index in [0.29, 0.717) is 11.7 Å². The van der Waals surface area contributed by atoms with E-state index in [9.17, 15) is 4.79 Å². The molecule has 2 aliphatic carbocycles. The minimum Gasteiger partial charge on any atom is -0.294 e. The number of carbonyl (C=O) groups is 1. The van der Waals surface area contributed by atoms with Crippen LogP contribution in [0.25, 0.3) is 0 Å². The van der Waals surface area contributed by atoms with E-state index in [2.05, 4.69) is 18.2 Å². The van der Waals surface area contributed by atoms with Gasteiger partial charge in [0, 0.05) is 12.0 Å². The molecule has 0 radical (unpaired) electrons. The Morgan fingerprint density at radius 3 is 2.35 bits per heavy atom. The molecule has 0 spiro atoms. The summed E-state index contributed by atoms with van der Waals surface area (Å²) >= 11 is 0. The number of Topliss-reactive ketones (excluding diaryl/α,β-unsaturated/α-hetero) is 1. The SMILES string of the molecule is O=C(CC1CCCCCC1)c1ccc2c(c1)CCCC2. The first-order valence-corrected chi connectivity index (χ1v) is 8.48. The molecule has 1 aromatic rings. The Balaban J connectivity index is 1.67. The summed E-state index contributed by atoms with van der Waals surface area (Å²) in [6.45, 7) is 0. The van der Waals surface area contributed by atoms with E-state index in [1.165, 1.54) is 75.3 Å². The molecule has 1 nitrogen and oxygen atoms in total. The van der Waals surface area contributed by atoms with Gasteiger partial charge in [-0.15, -0.1) is 0 Å². The summed E-state index contributed by atoms with van der Waals surface area (Å²) in [6.07, 6.45) is 13.6. The third-order valence-corrected chi connectivity index (χ3v) is 5.12. The number of rotatable bonds is 3. The van der Waals surface area contributed by atoms with Gasteiger partial charge in [-0.2, -0.15) is 0 Å². The van der Waals surface area contributed by atoms with Crippen molar-refractivity contribution in [2.24, 2.45) is 5.92 Å². The number of aryl methyl sites for hydroxylation is 2. The van der Waals surface area contributed by atoms with Gasteiger partial charge in [0.1, 0.15) is 0 Å². The Kier molecular flexibility index (Phi) is 4.54. The van der Waals surface area contributed by atoms with Gasteiger partial charge in [-0.3, -0.25) is 4.79 Å². The second-order valence-corrected chi connectivity index (χ2v) is 6.68. The quantitative estimate of drug-likeness (QED) is 0.551. The van der Waals surface area contributed by atoms with Crippen molar-refractivity contribution < 1.29 is 4.79 Å². The number of fused-ring (bicyclic) bond motifs is 1.